The van der Waals surface area contributed by atoms with Gasteiger partial charge in [-0.1, -0.05) is 78.9 Å². The Kier molecular flexibility index (Phi) is 14.4. The lowest BCUT2D eigenvalue weighted by Crippen LogP contribution is -2.65. The number of fused-ring (bicyclic) bond motifs is 1. The fraction of sp³-hybridized carbons (Fsp3) is 0.356. The highest BCUT2D eigenvalue weighted by molar-refractivity contribution is 7.88. The first-order valence-electron chi connectivity index (χ1n) is 20.5. The van der Waals surface area contributed by atoms with Crippen LogP contribution in [0.1, 0.15) is 48.1 Å². The topological polar surface area (TPSA) is 216 Å². The van der Waals surface area contributed by atoms with Gasteiger partial charge in [-0.05, 0) is 73.2 Å². The van der Waals surface area contributed by atoms with Crippen molar-refractivity contribution < 1.29 is 32.1 Å². The molecule has 0 unspecified atom stereocenters. The number of carbonyl (C=O) groups excluding carboxylic acids is 4. The SMILES string of the molecule is C[C@H]1C(=O)Nc2ccc(cc2)CC[C@@H](NS(=O)(=O)Cc2ccccc2)C(=O)N[C@H](C(=O)NCc2ccc(C(=N)N)cc2)Cc2ccc(cc2)NC(=O)[C@H](C)[N+]2(C)CCN1CC2. The zero-order valence-electron chi connectivity index (χ0n) is 34.8. The van der Waals surface area contributed by atoms with Crippen molar-refractivity contribution in [3.63, 3.8) is 0 Å². The first-order valence-corrected chi connectivity index (χ1v) is 22.2. The third-order valence-electron chi connectivity index (χ3n) is 11.8. The molecule has 6 aliphatic heterocycles. The van der Waals surface area contributed by atoms with Crippen molar-refractivity contribution in [3.8, 4) is 0 Å². The largest absolute Gasteiger partial charge is 0.384 e. The summed E-state index contributed by atoms with van der Waals surface area (Å²) >= 11 is 0. The quantitative estimate of drug-likeness (QED) is 0.0794. The normalized spacial score (nSPS) is 24.1. The summed E-state index contributed by atoms with van der Waals surface area (Å²) in [7, 11) is -1.98. The number of quaternary nitrogens is 1. The van der Waals surface area contributed by atoms with Gasteiger partial charge in [0.1, 0.15) is 17.9 Å². The van der Waals surface area contributed by atoms with E-state index < -0.39 is 40.0 Å². The number of carbonyl (C=O) groups is 4. The molecule has 1 saturated heterocycles. The Morgan fingerprint density at radius 3 is 2.00 bits per heavy atom. The predicted octanol–water partition coefficient (Wildman–Crippen LogP) is 2.87. The lowest BCUT2D eigenvalue weighted by Gasteiger charge is -2.46. The van der Waals surface area contributed by atoms with Gasteiger partial charge in [0.25, 0.3) is 5.91 Å². The fourth-order valence-electron chi connectivity index (χ4n) is 7.57. The molecule has 0 spiro atoms. The number of anilines is 2. The van der Waals surface area contributed by atoms with E-state index in [1.807, 2.05) is 26.0 Å². The zero-order valence-corrected chi connectivity index (χ0v) is 35.6. The molecule has 0 saturated carbocycles. The smallest absolute Gasteiger partial charge is 0.282 e. The van der Waals surface area contributed by atoms with E-state index in [1.165, 1.54) is 0 Å². The van der Waals surface area contributed by atoms with Crippen LogP contribution in [0.25, 0.3) is 0 Å². The van der Waals surface area contributed by atoms with Crippen LogP contribution < -0.4 is 31.7 Å². The zero-order chi connectivity index (χ0) is 43.7. The Balaban J connectivity index is 1.29. The van der Waals surface area contributed by atoms with Crippen LogP contribution in [0.4, 0.5) is 11.4 Å². The summed E-state index contributed by atoms with van der Waals surface area (Å²) in [6.07, 6.45) is 0.435. The number of rotatable bonds is 8. The van der Waals surface area contributed by atoms with E-state index >= 15 is 0 Å². The number of nitrogen functional groups attached to an aromatic ring is 1. The number of aryl methyl sites for hydroxylation is 1. The Morgan fingerprint density at radius 2 is 1.39 bits per heavy atom. The summed E-state index contributed by atoms with van der Waals surface area (Å²) in [6, 6.07) is 26.6. The number of hydrogen-bond donors (Lipinski definition) is 7. The first kappa shape index (κ1) is 44.6. The molecule has 4 amide bonds. The van der Waals surface area contributed by atoms with Gasteiger partial charge < -0.3 is 31.5 Å². The molecular formula is C45H56N9O6S+. The van der Waals surface area contributed by atoms with Crippen molar-refractivity contribution in [1.29, 1.82) is 5.41 Å². The standard InChI is InChI=1S/C45H55N9O6S/c1-30-42(55)49-37-18-11-32(12-19-37)15-22-39(52-61(59,60)29-35-7-5-4-6-8-35)45(58)51-40(44(57)48-28-34-9-16-36(17-10-34)41(46)47)27-33-13-20-38(21-14-33)50-43(56)31(2)54(3)25-23-53(30)24-26-54/h4-14,16-21,30-31,39-40,52H,15,22-29H2,1-3H3,(H6-,46,47,48,49,50,51,55,56,57,58)/p+1/t30-,31-,39+,40-/m0/s1. The van der Waals surface area contributed by atoms with Gasteiger partial charge >= 0.3 is 0 Å². The summed E-state index contributed by atoms with van der Waals surface area (Å²) in [5.41, 5.74) is 10.1. The van der Waals surface area contributed by atoms with Crippen LogP contribution >= 0.6 is 0 Å². The number of sulfonamides is 1. The van der Waals surface area contributed by atoms with Gasteiger partial charge in [0.2, 0.25) is 27.7 Å². The Morgan fingerprint density at radius 1 is 0.803 bits per heavy atom. The molecular weight excluding hydrogens is 795 g/mol. The van der Waals surface area contributed by atoms with Gasteiger partial charge in [0, 0.05) is 43.0 Å². The molecule has 1 fully saturated rings. The van der Waals surface area contributed by atoms with Gasteiger partial charge in [-0.3, -0.25) is 29.5 Å². The number of nitrogens with one attached hydrogen (secondary N) is 6. The maximum absolute atomic E-state index is 14.2. The summed E-state index contributed by atoms with van der Waals surface area (Å²) in [6.45, 7) is 6.54. The number of likely N-dealkylation sites (N-methyl/N-ethyl adjacent to an activating group) is 1. The van der Waals surface area contributed by atoms with Crippen molar-refractivity contribution in [3.05, 3.63) is 131 Å². The molecule has 16 heteroatoms. The summed E-state index contributed by atoms with van der Waals surface area (Å²) in [5.74, 6) is -1.92. The highest BCUT2D eigenvalue weighted by atomic mass is 32.2. The molecule has 8 N–H and O–H groups in total. The number of nitrogens with two attached hydrogens (primary N) is 1. The van der Waals surface area contributed by atoms with Crippen molar-refractivity contribution in [2.45, 2.75) is 69.6 Å². The third-order valence-corrected chi connectivity index (χ3v) is 13.2. The fourth-order valence-corrected chi connectivity index (χ4v) is 8.94. The van der Waals surface area contributed by atoms with Crippen LogP contribution in [0, 0.1) is 5.41 Å². The number of amides is 4. The third kappa shape index (κ3) is 12.1. The van der Waals surface area contributed by atoms with E-state index in [0.29, 0.717) is 65.1 Å². The molecule has 10 rings (SSSR count). The van der Waals surface area contributed by atoms with E-state index in [4.69, 9.17) is 11.1 Å². The van der Waals surface area contributed by atoms with E-state index in [9.17, 15) is 27.6 Å². The highest BCUT2D eigenvalue weighted by Crippen LogP contribution is 2.21. The van der Waals surface area contributed by atoms with Gasteiger partial charge in [0.15, 0.2) is 6.04 Å². The Hall–Kier alpha value is -5.94. The van der Waals surface area contributed by atoms with Gasteiger partial charge in [-0.25, -0.2) is 13.1 Å². The second kappa shape index (κ2) is 19.6. The second-order valence-corrected chi connectivity index (χ2v) is 18.0. The molecule has 322 valence electrons. The van der Waals surface area contributed by atoms with Crippen molar-refractivity contribution in [1.82, 2.24) is 20.3 Å². The molecule has 6 heterocycles. The van der Waals surface area contributed by atoms with E-state index in [0.717, 1.165) is 11.1 Å². The minimum Gasteiger partial charge on any atom is -0.384 e. The van der Waals surface area contributed by atoms with E-state index in [1.54, 1.807) is 91.0 Å². The van der Waals surface area contributed by atoms with E-state index in [-0.39, 0.29) is 48.8 Å². The molecule has 4 atom stereocenters. The summed E-state index contributed by atoms with van der Waals surface area (Å²) < 4.78 is 30.2. The number of amidine groups is 1. The van der Waals surface area contributed by atoms with Crippen LogP contribution in [0.5, 0.6) is 0 Å². The monoisotopic (exact) mass is 850 g/mol. The lowest BCUT2D eigenvalue weighted by atomic mass is 10.0. The number of nitrogens with zero attached hydrogens (tertiary/aromatic N) is 2. The van der Waals surface area contributed by atoms with Gasteiger partial charge in [-0.2, -0.15) is 0 Å². The van der Waals surface area contributed by atoms with Crippen LogP contribution in [0.3, 0.4) is 0 Å². The summed E-state index contributed by atoms with van der Waals surface area (Å²) in [4.78, 5) is 57.3. The molecule has 4 aromatic rings. The average Bonchev–Trinajstić information content (AvgIpc) is 3.24. The summed E-state index contributed by atoms with van der Waals surface area (Å²) in [5, 5.41) is 19.4. The Labute approximate surface area is 357 Å². The molecule has 6 aliphatic rings. The minimum absolute atomic E-state index is 0.0615. The number of hydrogen-bond acceptors (Lipinski definition) is 8. The number of piperazine rings is 1. The molecule has 0 aliphatic carbocycles. The molecule has 15 nitrogen and oxygen atoms in total. The van der Waals surface area contributed by atoms with Crippen LogP contribution in [0.15, 0.2) is 103 Å². The van der Waals surface area contributed by atoms with Gasteiger partial charge in [0.05, 0.1) is 31.9 Å². The first-order chi connectivity index (χ1) is 29.1. The highest BCUT2D eigenvalue weighted by Gasteiger charge is 2.40. The lowest BCUT2D eigenvalue weighted by molar-refractivity contribution is -0.926. The van der Waals surface area contributed by atoms with Crippen LogP contribution in [-0.2, 0) is 54.3 Å². The maximum atomic E-state index is 14.2. The van der Waals surface area contributed by atoms with Crippen molar-refractivity contribution in [2.24, 2.45) is 5.73 Å². The second-order valence-electron chi connectivity index (χ2n) is 16.2. The van der Waals surface area contributed by atoms with Crippen LogP contribution in [0.2, 0.25) is 0 Å². The van der Waals surface area contributed by atoms with Crippen molar-refractivity contribution >= 4 is 50.9 Å². The average molecular weight is 851 g/mol. The van der Waals surface area contributed by atoms with Crippen molar-refractivity contribution in [2.75, 3.05) is 43.9 Å². The minimum atomic E-state index is -4.03. The Bertz CT molecular complexity index is 2300. The predicted molar refractivity (Wildman–Crippen MR) is 236 cm³/mol. The molecule has 0 aromatic heterocycles. The van der Waals surface area contributed by atoms with Crippen LogP contribution in [-0.4, -0.2) is 105 Å². The maximum Gasteiger partial charge on any atom is 0.282 e. The molecule has 0 radical (unpaired) electrons. The van der Waals surface area contributed by atoms with Gasteiger partial charge in [-0.15, -0.1) is 0 Å². The molecule has 61 heavy (non-hydrogen) atoms. The number of benzene rings is 4. The van der Waals surface area contributed by atoms with E-state index in [2.05, 4.69) is 37.9 Å². The molecule has 4 aromatic carbocycles. The molecule has 6 bridgehead atoms.